The molecule has 1 saturated heterocycles. The number of anilines is 1. The zero-order valence-electron chi connectivity index (χ0n) is 16.1. The quantitative estimate of drug-likeness (QED) is 0.514. The van der Waals surface area contributed by atoms with Crippen LogP contribution in [0.1, 0.15) is 12.5 Å². The van der Waals surface area contributed by atoms with Crippen molar-refractivity contribution < 1.29 is 27.9 Å². The molecule has 1 atom stereocenters. The lowest BCUT2D eigenvalue weighted by Gasteiger charge is -2.22. The van der Waals surface area contributed by atoms with Crippen molar-refractivity contribution in [3.05, 3.63) is 54.1 Å². The van der Waals surface area contributed by atoms with Gasteiger partial charge in [0, 0.05) is 4.90 Å². The van der Waals surface area contributed by atoms with E-state index in [9.17, 15) is 23.2 Å². The number of methoxy groups -OCH3 is 1. The number of nitrogens with zero attached hydrogens (tertiary/aromatic N) is 1. The van der Waals surface area contributed by atoms with Gasteiger partial charge in [0.1, 0.15) is 17.8 Å². The normalized spacial score (nSPS) is 18.5. The molecule has 2 N–H and O–H groups in total. The van der Waals surface area contributed by atoms with E-state index in [0.29, 0.717) is 23.1 Å². The van der Waals surface area contributed by atoms with Crippen molar-refractivity contribution in [3.8, 4) is 5.75 Å². The molecule has 158 valence electrons. The molecule has 0 spiro atoms. The number of carbonyl (C=O) groups excluding carboxylic acids is 3. The molecule has 7 nitrogen and oxygen atoms in total. The van der Waals surface area contributed by atoms with Gasteiger partial charge in [0.05, 0.1) is 12.8 Å². The number of halogens is 2. The molecule has 0 bridgehead atoms. The van der Waals surface area contributed by atoms with Crippen LogP contribution in [0.25, 0.3) is 0 Å². The van der Waals surface area contributed by atoms with E-state index in [4.69, 9.17) is 4.74 Å². The minimum absolute atomic E-state index is 0.178. The summed E-state index contributed by atoms with van der Waals surface area (Å²) in [6.07, 6.45) is 0. The molecular formula is C20H19F2N3O4S. The highest BCUT2D eigenvalue weighted by Crippen LogP contribution is 2.32. The maximum Gasteiger partial charge on any atom is 0.325 e. The Hall–Kier alpha value is -3.14. The fourth-order valence-corrected chi connectivity index (χ4v) is 3.66. The van der Waals surface area contributed by atoms with Crippen LogP contribution in [0.3, 0.4) is 0 Å². The van der Waals surface area contributed by atoms with Crippen molar-refractivity contribution in [1.82, 2.24) is 10.2 Å². The van der Waals surface area contributed by atoms with E-state index < -0.39 is 35.7 Å². The SMILES string of the molecule is COc1ccc(C2(C)NC(=O)N(CC(=O)Nc3ccccc3SC(F)F)C2=O)cc1. The van der Waals surface area contributed by atoms with Gasteiger partial charge >= 0.3 is 6.03 Å². The molecule has 1 heterocycles. The summed E-state index contributed by atoms with van der Waals surface area (Å²) in [7, 11) is 1.51. The van der Waals surface area contributed by atoms with Gasteiger partial charge in [0.15, 0.2) is 0 Å². The Kier molecular flexibility index (Phi) is 6.25. The Morgan fingerprint density at radius 1 is 1.20 bits per heavy atom. The molecule has 1 fully saturated rings. The second-order valence-electron chi connectivity index (χ2n) is 6.60. The van der Waals surface area contributed by atoms with E-state index in [-0.39, 0.29) is 10.6 Å². The van der Waals surface area contributed by atoms with E-state index in [1.807, 2.05) is 0 Å². The summed E-state index contributed by atoms with van der Waals surface area (Å²) in [5.41, 5.74) is -0.631. The van der Waals surface area contributed by atoms with Crippen molar-refractivity contribution in [1.29, 1.82) is 0 Å². The number of carbonyl (C=O) groups is 3. The van der Waals surface area contributed by atoms with Crippen molar-refractivity contribution >= 4 is 35.3 Å². The molecule has 0 radical (unpaired) electrons. The van der Waals surface area contributed by atoms with Gasteiger partial charge in [-0.1, -0.05) is 36.0 Å². The first-order valence-electron chi connectivity index (χ1n) is 8.87. The van der Waals surface area contributed by atoms with Crippen LogP contribution in [0.4, 0.5) is 19.3 Å². The van der Waals surface area contributed by atoms with Crippen LogP contribution in [0, 0.1) is 0 Å². The number of rotatable bonds is 7. The third-order valence-corrected chi connectivity index (χ3v) is 5.41. The van der Waals surface area contributed by atoms with Gasteiger partial charge in [-0.2, -0.15) is 8.78 Å². The van der Waals surface area contributed by atoms with E-state index >= 15 is 0 Å². The largest absolute Gasteiger partial charge is 0.497 e. The molecule has 2 aromatic carbocycles. The van der Waals surface area contributed by atoms with E-state index in [1.54, 1.807) is 43.3 Å². The smallest absolute Gasteiger partial charge is 0.325 e. The van der Waals surface area contributed by atoms with Crippen LogP contribution in [-0.4, -0.2) is 42.2 Å². The fraction of sp³-hybridized carbons (Fsp3) is 0.250. The highest BCUT2D eigenvalue weighted by molar-refractivity contribution is 7.99. The number of imide groups is 1. The van der Waals surface area contributed by atoms with Crippen molar-refractivity contribution in [2.45, 2.75) is 23.1 Å². The zero-order valence-corrected chi connectivity index (χ0v) is 17.0. The first-order valence-corrected chi connectivity index (χ1v) is 9.75. The summed E-state index contributed by atoms with van der Waals surface area (Å²) in [5, 5.41) is 5.09. The van der Waals surface area contributed by atoms with Crippen molar-refractivity contribution in [2.75, 3.05) is 19.0 Å². The van der Waals surface area contributed by atoms with Gasteiger partial charge in [0.25, 0.3) is 11.7 Å². The lowest BCUT2D eigenvalue weighted by atomic mass is 9.92. The second-order valence-corrected chi connectivity index (χ2v) is 7.63. The number of urea groups is 1. The number of benzene rings is 2. The first-order chi connectivity index (χ1) is 14.2. The van der Waals surface area contributed by atoms with Crippen LogP contribution in [0.2, 0.25) is 0 Å². The molecular weight excluding hydrogens is 416 g/mol. The lowest BCUT2D eigenvalue weighted by Crippen LogP contribution is -2.42. The number of para-hydroxylation sites is 1. The maximum atomic E-state index is 12.9. The Balaban J connectivity index is 1.73. The topological polar surface area (TPSA) is 87.7 Å². The molecule has 4 amide bonds. The average Bonchev–Trinajstić information content (AvgIpc) is 2.93. The zero-order chi connectivity index (χ0) is 21.9. The number of alkyl halides is 2. The monoisotopic (exact) mass is 435 g/mol. The van der Waals surface area contributed by atoms with Gasteiger partial charge in [-0.25, -0.2) is 4.79 Å². The third kappa shape index (κ3) is 4.38. The number of hydrogen-bond donors (Lipinski definition) is 2. The summed E-state index contributed by atoms with van der Waals surface area (Å²) in [5.74, 6) is -3.34. The van der Waals surface area contributed by atoms with E-state index in [0.717, 1.165) is 4.90 Å². The minimum Gasteiger partial charge on any atom is -0.497 e. The highest BCUT2D eigenvalue weighted by Gasteiger charge is 2.49. The van der Waals surface area contributed by atoms with Gasteiger partial charge in [0.2, 0.25) is 5.91 Å². The van der Waals surface area contributed by atoms with Gasteiger partial charge in [-0.3, -0.25) is 14.5 Å². The molecule has 1 unspecified atom stereocenters. The number of thioether (sulfide) groups is 1. The average molecular weight is 435 g/mol. The predicted octanol–water partition coefficient (Wildman–Crippen LogP) is 3.42. The van der Waals surface area contributed by atoms with Gasteiger partial charge in [-0.15, -0.1) is 0 Å². The molecule has 0 aromatic heterocycles. The van der Waals surface area contributed by atoms with E-state index in [2.05, 4.69) is 10.6 Å². The Bertz CT molecular complexity index is 971. The maximum absolute atomic E-state index is 12.9. The van der Waals surface area contributed by atoms with Crippen LogP contribution < -0.4 is 15.4 Å². The Labute approximate surface area is 175 Å². The fourth-order valence-electron chi connectivity index (χ4n) is 3.06. The molecule has 0 aliphatic carbocycles. The van der Waals surface area contributed by atoms with Gasteiger partial charge in [-0.05, 0) is 36.8 Å². The molecule has 0 saturated carbocycles. The number of ether oxygens (including phenoxy) is 1. The minimum atomic E-state index is -2.65. The molecule has 30 heavy (non-hydrogen) atoms. The van der Waals surface area contributed by atoms with Crippen LogP contribution in [-0.2, 0) is 15.1 Å². The van der Waals surface area contributed by atoms with Crippen LogP contribution in [0.15, 0.2) is 53.4 Å². The summed E-state index contributed by atoms with van der Waals surface area (Å²) in [4.78, 5) is 38.7. The van der Waals surface area contributed by atoms with E-state index in [1.165, 1.54) is 19.2 Å². The van der Waals surface area contributed by atoms with Crippen molar-refractivity contribution in [2.24, 2.45) is 0 Å². The summed E-state index contributed by atoms with van der Waals surface area (Å²) < 4.78 is 30.5. The lowest BCUT2D eigenvalue weighted by molar-refractivity contribution is -0.133. The molecule has 3 rings (SSSR count). The Morgan fingerprint density at radius 3 is 2.50 bits per heavy atom. The molecule has 1 aliphatic rings. The van der Waals surface area contributed by atoms with Crippen LogP contribution in [0.5, 0.6) is 5.75 Å². The number of amides is 4. The van der Waals surface area contributed by atoms with Crippen molar-refractivity contribution in [3.63, 3.8) is 0 Å². The summed E-state index contributed by atoms with van der Waals surface area (Å²) in [6.45, 7) is 0.992. The second kappa shape index (κ2) is 8.70. The predicted molar refractivity (Wildman–Crippen MR) is 108 cm³/mol. The summed E-state index contributed by atoms with van der Waals surface area (Å²) in [6, 6.07) is 12.0. The first kappa shape index (κ1) is 21.6. The molecule has 10 heteroatoms. The van der Waals surface area contributed by atoms with Gasteiger partial charge < -0.3 is 15.4 Å². The standard InChI is InChI=1S/C20H19F2N3O4S/c1-20(12-7-9-13(29-2)10-8-12)17(27)25(19(28)24-20)11-16(26)23-14-5-3-4-6-15(14)30-18(21)22/h3-10,18H,11H2,1-2H3,(H,23,26)(H,24,28). The summed E-state index contributed by atoms with van der Waals surface area (Å²) >= 11 is 0.293. The number of hydrogen-bond acceptors (Lipinski definition) is 5. The molecule has 2 aromatic rings. The molecule has 1 aliphatic heterocycles. The number of nitrogens with one attached hydrogen (secondary N) is 2. The third-order valence-electron chi connectivity index (χ3n) is 4.62. The Morgan fingerprint density at radius 2 is 1.87 bits per heavy atom. The highest BCUT2D eigenvalue weighted by atomic mass is 32.2. The van der Waals surface area contributed by atoms with Crippen LogP contribution >= 0.6 is 11.8 Å².